The van der Waals surface area contributed by atoms with Crippen LogP contribution in [0.3, 0.4) is 0 Å². The highest BCUT2D eigenvalue weighted by Gasteiger charge is 2.26. The molecule has 0 saturated carbocycles. The van der Waals surface area contributed by atoms with E-state index in [0.29, 0.717) is 71.4 Å². The molecule has 2 aliphatic heterocycles. The van der Waals surface area contributed by atoms with Gasteiger partial charge in [-0.05, 0) is 72.7 Å². The number of nitrogens with one attached hydrogen (secondary N) is 1. The van der Waals surface area contributed by atoms with Crippen LogP contribution in [-0.4, -0.2) is 80.7 Å². The number of hydrogen-bond donors (Lipinski definition) is 1. The van der Waals surface area contributed by atoms with Gasteiger partial charge in [0, 0.05) is 28.6 Å². The zero-order valence-electron chi connectivity index (χ0n) is 29.6. The molecule has 15 heteroatoms. The van der Waals surface area contributed by atoms with Gasteiger partial charge < -0.3 is 37.5 Å². The number of rotatable bonds is 17. The van der Waals surface area contributed by atoms with Crippen molar-refractivity contribution in [1.29, 1.82) is 0 Å². The molecule has 2 saturated heterocycles. The van der Waals surface area contributed by atoms with Crippen molar-refractivity contribution < 1.29 is 51.6 Å². The molecule has 0 bridgehead atoms. The number of carbonyl (C=O) groups is 2. The Labute approximate surface area is 297 Å². The molecule has 3 heterocycles. The summed E-state index contributed by atoms with van der Waals surface area (Å²) < 4.78 is 56.5. The summed E-state index contributed by atoms with van der Waals surface area (Å²) in [6.07, 6.45) is 0.0978. The molecule has 3 aromatic rings. The number of benzene rings is 2. The van der Waals surface area contributed by atoms with E-state index in [1.54, 1.807) is 49.6 Å². The Bertz CT molecular complexity index is 1610. The Morgan fingerprint density at radius 2 is 1.30 bits per heavy atom. The third-order valence-corrected chi connectivity index (χ3v) is 9.59. The standard InChI is InChI=1S/C21H29N2O7PS.C14H18O4/c1-5-27-31(25,28-6-2)12-16-13-32-21(22-16)23-20(24)15-7-17(29-14(3)4)9-18(8-15)30-19-10-26-11-19;1-9(2)17-12-4-11(10(3)15)5-13(6-12)18-14-7-16-8-14/h7-9,13-14,19H,5-6,10-12H2,1-4H3,(H,22,23,24);4-6,9,14H,7-8H2,1-3H3. The Morgan fingerprint density at radius 3 is 1.74 bits per heavy atom. The smallest absolute Gasteiger partial charge is 0.336 e. The zero-order chi connectivity index (χ0) is 36.3. The average molecular weight is 735 g/mol. The molecule has 1 aromatic heterocycles. The van der Waals surface area contributed by atoms with E-state index < -0.39 is 7.60 Å². The molecule has 5 rings (SSSR count). The minimum Gasteiger partial charge on any atom is -0.491 e. The predicted octanol–water partition coefficient (Wildman–Crippen LogP) is 7.18. The maximum absolute atomic E-state index is 12.9. The summed E-state index contributed by atoms with van der Waals surface area (Å²) in [7, 11) is -3.27. The fourth-order valence-corrected chi connectivity index (χ4v) is 7.00. The fraction of sp³-hybridized carbons (Fsp3) is 0.514. The van der Waals surface area contributed by atoms with Crippen molar-refractivity contribution in [1.82, 2.24) is 4.98 Å². The van der Waals surface area contributed by atoms with Gasteiger partial charge in [-0.2, -0.15) is 0 Å². The molecular formula is C35H47N2O11PS. The van der Waals surface area contributed by atoms with Crippen LogP contribution < -0.4 is 24.3 Å². The Kier molecular flexibility index (Phi) is 14.6. The maximum Gasteiger partial charge on any atom is 0.336 e. The van der Waals surface area contributed by atoms with Crippen molar-refractivity contribution in [2.75, 3.05) is 45.0 Å². The quantitative estimate of drug-likeness (QED) is 0.111. The second-order valence-electron chi connectivity index (χ2n) is 12.0. The van der Waals surface area contributed by atoms with Crippen LogP contribution in [0.1, 0.15) is 74.9 Å². The molecule has 1 N–H and O–H groups in total. The lowest BCUT2D eigenvalue weighted by Crippen LogP contribution is -2.38. The first-order valence-electron chi connectivity index (χ1n) is 16.6. The maximum atomic E-state index is 12.9. The number of hydrogen-bond acceptors (Lipinski definition) is 13. The summed E-state index contributed by atoms with van der Waals surface area (Å²) in [4.78, 5) is 28.7. The lowest BCUT2D eigenvalue weighted by molar-refractivity contribution is -0.0797. The van der Waals surface area contributed by atoms with Crippen molar-refractivity contribution in [3.8, 4) is 23.0 Å². The lowest BCUT2D eigenvalue weighted by atomic mass is 10.1. The van der Waals surface area contributed by atoms with Gasteiger partial charge in [0.1, 0.15) is 35.2 Å². The van der Waals surface area contributed by atoms with E-state index in [0.717, 1.165) is 0 Å². The first-order chi connectivity index (χ1) is 23.8. The predicted molar refractivity (Wildman–Crippen MR) is 190 cm³/mol. The number of thiazole rings is 1. The molecule has 0 radical (unpaired) electrons. The normalized spacial score (nSPS) is 14.7. The number of carbonyl (C=O) groups excluding carboxylic acids is 2. The van der Waals surface area contributed by atoms with Crippen LogP contribution in [0.2, 0.25) is 0 Å². The lowest BCUT2D eigenvalue weighted by Gasteiger charge is -2.27. The topological polar surface area (TPSA) is 150 Å². The van der Waals surface area contributed by atoms with E-state index >= 15 is 0 Å². The van der Waals surface area contributed by atoms with E-state index in [-0.39, 0.29) is 55.5 Å². The van der Waals surface area contributed by atoms with Gasteiger partial charge in [-0.1, -0.05) is 0 Å². The van der Waals surface area contributed by atoms with Crippen LogP contribution in [-0.2, 0) is 29.2 Å². The van der Waals surface area contributed by atoms with Crippen LogP contribution >= 0.6 is 18.9 Å². The van der Waals surface area contributed by atoms with Crippen molar-refractivity contribution in [2.45, 2.75) is 79.0 Å². The van der Waals surface area contributed by atoms with Crippen LogP contribution in [0.5, 0.6) is 23.0 Å². The molecule has 0 aliphatic carbocycles. The number of anilines is 1. The molecule has 0 atom stereocenters. The third-order valence-electron chi connectivity index (χ3n) is 6.77. The molecule has 1 amide bonds. The molecule has 274 valence electrons. The second-order valence-corrected chi connectivity index (χ2v) is 14.9. The van der Waals surface area contributed by atoms with E-state index in [1.807, 2.05) is 33.8 Å². The Hall–Kier alpha value is -3.52. The number of ether oxygens (including phenoxy) is 6. The molecule has 2 aromatic carbocycles. The molecule has 0 spiro atoms. The summed E-state index contributed by atoms with van der Waals surface area (Å²) in [6.45, 7) is 15.5. The SMILES string of the molecule is CC(=O)c1cc(OC(C)C)cc(OC2COC2)c1.CCOP(=O)(Cc1csc(NC(=O)c2cc(OC(C)C)cc(OC3COC3)c2)n1)OCC. The summed E-state index contributed by atoms with van der Waals surface area (Å²) in [5, 5.41) is 4.89. The van der Waals surface area contributed by atoms with Gasteiger partial charge in [0.25, 0.3) is 5.91 Å². The van der Waals surface area contributed by atoms with Gasteiger partial charge >= 0.3 is 7.60 Å². The van der Waals surface area contributed by atoms with Gasteiger partial charge in [-0.25, -0.2) is 4.98 Å². The van der Waals surface area contributed by atoms with Gasteiger partial charge in [0.05, 0.1) is 63.7 Å². The van der Waals surface area contributed by atoms with Crippen LogP contribution in [0.15, 0.2) is 41.8 Å². The van der Waals surface area contributed by atoms with E-state index in [9.17, 15) is 14.2 Å². The Morgan fingerprint density at radius 1 is 0.820 bits per heavy atom. The van der Waals surface area contributed by atoms with Crippen LogP contribution in [0.25, 0.3) is 0 Å². The van der Waals surface area contributed by atoms with Gasteiger partial charge in [-0.15, -0.1) is 11.3 Å². The third kappa shape index (κ3) is 12.4. The molecule has 13 nitrogen and oxygen atoms in total. The molecular weight excluding hydrogens is 687 g/mol. The highest BCUT2D eigenvalue weighted by atomic mass is 32.1. The summed E-state index contributed by atoms with van der Waals surface area (Å²) in [5.74, 6) is 2.04. The summed E-state index contributed by atoms with van der Waals surface area (Å²) in [5.41, 5.74) is 1.51. The van der Waals surface area contributed by atoms with Crippen molar-refractivity contribution in [3.05, 3.63) is 58.6 Å². The van der Waals surface area contributed by atoms with E-state index in [4.69, 9.17) is 37.5 Å². The molecule has 2 fully saturated rings. The number of ketones is 1. The monoisotopic (exact) mass is 734 g/mol. The fourth-order valence-electron chi connectivity index (χ4n) is 4.57. The van der Waals surface area contributed by atoms with Crippen molar-refractivity contribution >= 4 is 35.8 Å². The van der Waals surface area contributed by atoms with Crippen molar-refractivity contribution in [3.63, 3.8) is 0 Å². The highest BCUT2D eigenvalue weighted by molar-refractivity contribution is 7.53. The number of nitrogens with zero attached hydrogens (tertiary/aromatic N) is 1. The number of aromatic nitrogens is 1. The minimum absolute atomic E-state index is 0.00100. The van der Waals surface area contributed by atoms with Gasteiger partial charge in [0.2, 0.25) is 0 Å². The van der Waals surface area contributed by atoms with Crippen LogP contribution in [0, 0.1) is 0 Å². The largest absolute Gasteiger partial charge is 0.491 e. The number of Topliss-reactive ketones (excluding diaryl/α,β-unsaturated/α-hetero) is 1. The van der Waals surface area contributed by atoms with Crippen molar-refractivity contribution in [2.24, 2.45) is 0 Å². The second kappa shape index (κ2) is 18.6. The molecule has 0 unspecified atom stereocenters. The Balaban J connectivity index is 0.000000263. The average Bonchev–Trinajstić information content (AvgIpc) is 3.42. The molecule has 50 heavy (non-hydrogen) atoms. The van der Waals surface area contributed by atoms with E-state index in [2.05, 4.69) is 10.3 Å². The zero-order valence-corrected chi connectivity index (χ0v) is 31.3. The van der Waals surface area contributed by atoms with Gasteiger partial charge in [0.15, 0.2) is 10.9 Å². The summed E-state index contributed by atoms with van der Waals surface area (Å²) >= 11 is 1.24. The molecule has 2 aliphatic rings. The summed E-state index contributed by atoms with van der Waals surface area (Å²) in [6, 6.07) is 10.4. The minimum atomic E-state index is -3.27. The first-order valence-corrected chi connectivity index (χ1v) is 19.2. The van der Waals surface area contributed by atoms with Crippen LogP contribution in [0.4, 0.5) is 5.13 Å². The highest BCUT2D eigenvalue weighted by Crippen LogP contribution is 2.51. The van der Waals surface area contributed by atoms with E-state index in [1.165, 1.54) is 18.3 Å². The number of amides is 1. The van der Waals surface area contributed by atoms with Gasteiger partial charge in [-0.3, -0.25) is 19.5 Å². The first kappa shape index (κ1) is 39.3.